The fraction of sp³-hybridized carbons (Fsp3) is 0.545. The summed E-state index contributed by atoms with van der Waals surface area (Å²) in [5.74, 6) is 0.00266. The number of aliphatic hydroxyl groups is 1. The van der Waals surface area contributed by atoms with Crippen LogP contribution in [0.25, 0.3) is 0 Å². The first-order chi connectivity index (χ1) is 8.17. The first-order valence-electron chi connectivity index (χ1n) is 5.49. The van der Waals surface area contributed by atoms with Crippen molar-refractivity contribution in [3.8, 4) is 0 Å². The average Bonchev–Trinajstić information content (AvgIpc) is 2.36. The molecule has 0 spiro atoms. The number of ether oxygens (including phenoxy) is 1. The number of anilines is 1. The number of carbonyl (C=O) groups is 1. The molecule has 1 heterocycles. The third-order valence-corrected chi connectivity index (χ3v) is 2.19. The highest BCUT2D eigenvalue weighted by atomic mass is 16.5. The van der Waals surface area contributed by atoms with Gasteiger partial charge in [0, 0.05) is 6.54 Å². The Balaban J connectivity index is 2.48. The van der Waals surface area contributed by atoms with E-state index in [1.165, 1.54) is 19.5 Å². The zero-order valence-electron chi connectivity index (χ0n) is 10.0. The number of methoxy groups -OCH3 is 1. The largest absolute Gasteiger partial charge is 0.464 e. The van der Waals surface area contributed by atoms with Crippen LogP contribution in [0.1, 0.15) is 30.3 Å². The summed E-state index contributed by atoms with van der Waals surface area (Å²) in [6.07, 6.45) is 4.03. The van der Waals surface area contributed by atoms with Crippen LogP contribution in [0.2, 0.25) is 0 Å². The maximum atomic E-state index is 11.1. The van der Waals surface area contributed by atoms with Gasteiger partial charge in [-0.3, -0.25) is 0 Å². The van der Waals surface area contributed by atoms with E-state index in [-0.39, 0.29) is 5.69 Å². The molecule has 0 amide bonds. The van der Waals surface area contributed by atoms with E-state index in [1.54, 1.807) is 0 Å². The monoisotopic (exact) mass is 239 g/mol. The third-order valence-electron chi connectivity index (χ3n) is 2.19. The Labute approximate surface area is 100 Å². The van der Waals surface area contributed by atoms with Gasteiger partial charge in [-0.2, -0.15) is 0 Å². The van der Waals surface area contributed by atoms with E-state index >= 15 is 0 Å². The fourth-order valence-electron chi connectivity index (χ4n) is 1.29. The van der Waals surface area contributed by atoms with Gasteiger partial charge in [0.25, 0.3) is 0 Å². The Hall–Kier alpha value is -1.69. The predicted octanol–water partition coefficient (Wildman–Crippen LogP) is 0.836. The number of hydrogen-bond acceptors (Lipinski definition) is 6. The molecule has 0 fully saturated rings. The molecule has 0 aromatic carbocycles. The lowest BCUT2D eigenvalue weighted by Crippen LogP contribution is -2.19. The summed E-state index contributed by atoms with van der Waals surface area (Å²) in [5, 5.41) is 12.4. The predicted molar refractivity (Wildman–Crippen MR) is 62.8 cm³/mol. The summed E-state index contributed by atoms with van der Waals surface area (Å²) in [5.41, 5.74) is 0.159. The molecule has 1 rings (SSSR count). The van der Waals surface area contributed by atoms with E-state index in [0.717, 1.165) is 12.8 Å². The van der Waals surface area contributed by atoms with E-state index in [2.05, 4.69) is 20.0 Å². The number of esters is 1. The van der Waals surface area contributed by atoms with Crippen molar-refractivity contribution >= 4 is 11.8 Å². The van der Waals surface area contributed by atoms with Crippen LogP contribution in [0.4, 0.5) is 5.82 Å². The van der Waals surface area contributed by atoms with Gasteiger partial charge in [0.1, 0.15) is 5.82 Å². The van der Waals surface area contributed by atoms with Crippen LogP contribution in [-0.2, 0) is 4.74 Å². The van der Waals surface area contributed by atoms with Gasteiger partial charge in [-0.1, -0.05) is 13.3 Å². The Morgan fingerprint density at radius 3 is 2.82 bits per heavy atom. The molecule has 6 heteroatoms. The smallest absolute Gasteiger partial charge is 0.358 e. The van der Waals surface area contributed by atoms with Gasteiger partial charge >= 0.3 is 5.97 Å². The normalized spacial score (nSPS) is 11.9. The van der Waals surface area contributed by atoms with E-state index in [0.29, 0.717) is 12.4 Å². The molecule has 1 atom stereocenters. The second-order valence-electron chi connectivity index (χ2n) is 3.60. The number of hydrogen-bond donors (Lipinski definition) is 2. The van der Waals surface area contributed by atoms with Crippen molar-refractivity contribution in [3.63, 3.8) is 0 Å². The second kappa shape index (κ2) is 6.80. The lowest BCUT2D eigenvalue weighted by Gasteiger charge is -2.10. The topological polar surface area (TPSA) is 84.3 Å². The maximum absolute atomic E-state index is 11.1. The SMILES string of the molecule is CCCC(O)CNc1cnc(C(=O)OC)cn1. The zero-order chi connectivity index (χ0) is 12.7. The molecule has 0 aliphatic rings. The van der Waals surface area contributed by atoms with Crippen LogP contribution >= 0.6 is 0 Å². The van der Waals surface area contributed by atoms with Crippen LogP contribution in [0, 0.1) is 0 Å². The van der Waals surface area contributed by atoms with Crippen molar-refractivity contribution in [1.29, 1.82) is 0 Å². The molecule has 0 saturated heterocycles. The summed E-state index contributed by atoms with van der Waals surface area (Å²) in [6, 6.07) is 0. The molecule has 1 aromatic heterocycles. The number of rotatable bonds is 6. The molecule has 1 unspecified atom stereocenters. The standard InChI is InChI=1S/C11H17N3O3/c1-3-4-8(15)5-13-10-7-12-9(6-14-10)11(16)17-2/h6-8,15H,3-5H2,1-2H3,(H,13,14). The van der Waals surface area contributed by atoms with Gasteiger partial charge < -0.3 is 15.2 Å². The van der Waals surface area contributed by atoms with Crippen molar-refractivity contribution < 1.29 is 14.6 Å². The molecule has 0 bridgehead atoms. The number of aliphatic hydroxyl groups excluding tert-OH is 1. The van der Waals surface area contributed by atoms with Crippen LogP contribution < -0.4 is 5.32 Å². The highest BCUT2D eigenvalue weighted by Crippen LogP contribution is 2.03. The minimum Gasteiger partial charge on any atom is -0.464 e. The van der Waals surface area contributed by atoms with E-state index in [9.17, 15) is 9.90 Å². The first kappa shape index (κ1) is 13.4. The number of nitrogens with zero attached hydrogens (tertiary/aromatic N) is 2. The number of aromatic nitrogens is 2. The molecular weight excluding hydrogens is 222 g/mol. The molecule has 0 saturated carbocycles. The molecule has 2 N–H and O–H groups in total. The fourth-order valence-corrected chi connectivity index (χ4v) is 1.29. The summed E-state index contributed by atoms with van der Waals surface area (Å²) in [6.45, 7) is 2.42. The van der Waals surface area contributed by atoms with Crippen molar-refractivity contribution in [2.75, 3.05) is 19.0 Å². The highest BCUT2D eigenvalue weighted by molar-refractivity contribution is 5.86. The van der Waals surface area contributed by atoms with Crippen LogP contribution in [0.5, 0.6) is 0 Å². The van der Waals surface area contributed by atoms with Gasteiger partial charge in [-0.25, -0.2) is 14.8 Å². The third kappa shape index (κ3) is 4.36. The molecule has 17 heavy (non-hydrogen) atoms. The van der Waals surface area contributed by atoms with Gasteiger partial charge in [0.2, 0.25) is 0 Å². The summed E-state index contributed by atoms with van der Waals surface area (Å²) >= 11 is 0. The van der Waals surface area contributed by atoms with E-state index in [1.807, 2.05) is 6.92 Å². The Bertz CT molecular complexity index is 353. The van der Waals surface area contributed by atoms with Crippen molar-refractivity contribution in [3.05, 3.63) is 18.1 Å². The van der Waals surface area contributed by atoms with Crippen LogP contribution in [-0.4, -0.2) is 40.8 Å². The van der Waals surface area contributed by atoms with Gasteiger partial charge in [-0.15, -0.1) is 0 Å². The second-order valence-corrected chi connectivity index (χ2v) is 3.60. The summed E-state index contributed by atoms with van der Waals surface area (Å²) in [7, 11) is 1.29. The van der Waals surface area contributed by atoms with Crippen molar-refractivity contribution in [2.45, 2.75) is 25.9 Å². The quantitative estimate of drug-likeness (QED) is 0.715. The Morgan fingerprint density at radius 1 is 1.53 bits per heavy atom. The molecule has 0 aliphatic heterocycles. The van der Waals surface area contributed by atoms with Crippen LogP contribution in [0.15, 0.2) is 12.4 Å². The minimum atomic E-state index is -0.518. The van der Waals surface area contributed by atoms with Gasteiger partial charge in [-0.05, 0) is 6.42 Å². The van der Waals surface area contributed by atoms with Gasteiger partial charge in [0.15, 0.2) is 5.69 Å². The lowest BCUT2D eigenvalue weighted by atomic mass is 10.2. The molecule has 0 aliphatic carbocycles. The van der Waals surface area contributed by atoms with Gasteiger partial charge in [0.05, 0.1) is 25.6 Å². The van der Waals surface area contributed by atoms with E-state index in [4.69, 9.17) is 0 Å². The molecule has 6 nitrogen and oxygen atoms in total. The average molecular weight is 239 g/mol. The summed E-state index contributed by atoms with van der Waals surface area (Å²) < 4.78 is 4.50. The number of carbonyl (C=O) groups excluding carboxylic acids is 1. The summed E-state index contributed by atoms with van der Waals surface area (Å²) in [4.78, 5) is 19.0. The Morgan fingerprint density at radius 2 is 2.29 bits per heavy atom. The van der Waals surface area contributed by atoms with E-state index < -0.39 is 12.1 Å². The molecule has 1 aromatic rings. The lowest BCUT2D eigenvalue weighted by molar-refractivity contribution is 0.0593. The minimum absolute atomic E-state index is 0.159. The molecule has 0 radical (unpaired) electrons. The molecular formula is C11H17N3O3. The zero-order valence-corrected chi connectivity index (χ0v) is 10.0. The number of nitrogens with one attached hydrogen (secondary N) is 1. The molecule has 94 valence electrons. The van der Waals surface area contributed by atoms with Crippen molar-refractivity contribution in [2.24, 2.45) is 0 Å². The maximum Gasteiger partial charge on any atom is 0.358 e. The first-order valence-corrected chi connectivity index (χ1v) is 5.49. The van der Waals surface area contributed by atoms with Crippen LogP contribution in [0.3, 0.4) is 0 Å². The Kier molecular flexibility index (Phi) is 5.35. The highest BCUT2D eigenvalue weighted by Gasteiger charge is 2.08. The van der Waals surface area contributed by atoms with Crippen molar-refractivity contribution in [1.82, 2.24) is 9.97 Å².